The molecule has 1 aromatic carbocycles. The van der Waals surface area contributed by atoms with Gasteiger partial charge in [0.15, 0.2) is 5.76 Å². The molecule has 0 N–H and O–H groups in total. The molecule has 2 rings (SSSR count). The minimum absolute atomic E-state index is 0.0545. The molecule has 16 heavy (non-hydrogen) atoms. The standard InChI is InChI=1S/C13H18NO2/c1-9-11-8-10(15-5)6-7-12(11)14(16-9)13(2,3)4/h6-8H,1-5H3/q+1. The Kier molecular flexibility index (Phi) is 2.41. The number of benzene rings is 1. The molecule has 1 aromatic heterocycles. The molecule has 0 saturated heterocycles. The highest BCUT2D eigenvalue weighted by Crippen LogP contribution is 2.24. The third-order valence-electron chi connectivity index (χ3n) is 2.64. The Labute approximate surface area is 95.6 Å². The molecule has 86 valence electrons. The number of rotatable bonds is 1. The van der Waals surface area contributed by atoms with Gasteiger partial charge in [0.1, 0.15) is 5.75 Å². The average Bonchev–Trinajstić information content (AvgIpc) is 2.55. The van der Waals surface area contributed by atoms with Gasteiger partial charge in [-0.15, -0.1) is 0 Å². The summed E-state index contributed by atoms with van der Waals surface area (Å²) in [4.78, 5) is 0. The lowest BCUT2D eigenvalue weighted by Crippen LogP contribution is -2.48. The van der Waals surface area contributed by atoms with E-state index >= 15 is 0 Å². The van der Waals surface area contributed by atoms with Crippen LogP contribution in [-0.4, -0.2) is 7.11 Å². The predicted octanol–water partition coefficient (Wildman–Crippen LogP) is 2.79. The summed E-state index contributed by atoms with van der Waals surface area (Å²) in [5.41, 5.74) is 1.05. The van der Waals surface area contributed by atoms with Crippen molar-refractivity contribution in [1.82, 2.24) is 0 Å². The molecule has 0 aliphatic rings. The van der Waals surface area contributed by atoms with Crippen LogP contribution in [0.1, 0.15) is 26.5 Å². The number of ether oxygens (including phenoxy) is 1. The van der Waals surface area contributed by atoms with E-state index in [4.69, 9.17) is 9.26 Å². The quantitative estimate of drug-likeness (QED) is 0.691. The summed E-state index contributed by atoms with van der Waals surface area (Å²) in [6.07, 6.45) is 0. The first-order chi connectivity index (χ1) is 7.43. The van der Waals surface area contributed by atoms with E-state index in [1.807, 2.05) is 29.9 Å². The smallest absolute Gasteiger partial charge is 0.263 e. The molecule has 2 aromatic rings. The first-order valence-corrected chi connectivity index (χ1v) is 5.43. The summed E-state index contributed by atoms with van der Waals surface area (Å²) in [7, 11) is 1.67. The molecular weight excluding hydrogens is 202 g/mol. The maximum Gasteiger partial charge on any atom is 0.263 e. The maximum absolute atomic E-state index is 5.79. The van der Waals surface area contributed by atoms with Crippen molar-refractivity contribution in [2.75, 3.05) is 7.11 Å². The van der Waals surface area contributed by atoms with Gasteiger partial charge in [-0.25, -0.2) is 4.52 Å². The lowest BCUT2D eigenvalue weighted by atomic mass is 10.1. The first-order valence-electron chi connectivity index (χ1n) is 5.43. The Balaban J connectivity index is 2.72. The summed E-state index contributed by atoms with van der Waals surface area (Å²) in [5.74, 6) is 1.78. The second-order valence-corrected chi connectivity index (χ2v) is 5.00. The van der Waals surface area contributed by atoms with Crippen molar-refractivity contribution in [2.24, 2.45) is 0 Å². The second kappa shape index (κ2) is 3.51. The van der Waals surface area contributed by atoms with Crippen LogP contribution in [0.2, 0.25) is 0 Å². The number of methoxy groups -OCH3 is 1. The largest absolute Gasteiger partial charge is 0.497 e. The highest BCUT2D eigenvalue weighted by molar-refractivity contribution is 5.79. The minimum atomic E-state index is -0.0545. The molecule has 3 nitrogen and oxygen atoms in total. The summed E-state index contributed by atoms with van der Waals surface area (Å²) >= 11 is 0. The number of fused-ring (bicyclic) bond motifs is 1. The van der Waals surface area contributed by atoms with Gasteiger partial charge >= 0.3 is 0 Å². The van der Waals surface area contributed by atoms with E-state index in [9.17, 15) is 0 Å². The van der Waals surface area contributed by atoms with E-state index in [-0.39, 0.29) is 5.54 Å². The van der Waals surface area contributed by atoms with E-state index in [1.54, 1.807) is 7.11 Å². The monoisotopic (exact) mass is 220 g/mol. The first kappa shape index (κ1) is 11.0. The molecule has 3 heteroatoms. The van der Waals surface area contributed by atoms with Gasteiger partial charge in [0.25, 0.3) is 5.52 Å². The number of aryl methyl sites for hydroxylation is 1. The zero-order chi connectivity index (χ0) is 11.9. The molecule has 0 aliphatic carbocycles. The van der Waals surface area contributed by atoms with Gasteiger partial charge in [-0.05, 0) is 16.9 Å². The van der Waals surface area contributed by atoms with Crippen LogP contribution in [0, 0.1) is 6.92 Å². The summed E-state index contributed by atoms with van der Waals surface area (Å²) in [5, 5.41) is 1.11. The highest BCUT2D eigenvalue weighted by atomic mass is 16.5. The van der Waals surface area contributed by atoms with Crippen molar-refractivity contribution in [3.63, 3.8) is 0 Å². The minimum Gasteiger partial charge on any atom is -0.497 e. The van der Waals surface area contributed by atoms with Crippen molar-refractivity contribution in [3.05, 3.63) is 24.0 Å². The molecule has 0 fully saturated rings. The van der Waals surface area contributed by atoms with Crippen LogP contribution in [0.4, 0.5) is 0 Å². The molecule has 0 bridgehead atoms. The zero-order valence-corrected chi connectivity index (χ0v) is 10.5. The fraction of sp³-hybridized carbons (Fsp3) is 0.462. The molecule has 0 saturated carbocycles. The zero-order valence-electron chi connectivity index (χ0n) is 10.5. The van der Waals surface area contributed by atoms with E-state index in [1.165, 1.54) is 0 Å². The molecule has 0 unspecified atom stereocenters. The number of hydrogen-bond donors (Lipinski definition) is 0. The van der Waals surface area contributed by atoms with E-state index in [2.05, 4.69) is 20.8 Å². The molecule has 0 radical (unpaired) electrons. The Morgan fingerprint density at radius 2 is 1.94 bits per heavy atom. The van der Waals surface area contributed by atoms with E-state index in [0.717, 1.165) is 22.4 Å². The van der Waals surface area contributed by atoms with Gasteiger partial charge in [0, 0.05) is 33.8 Å². The molecule has 0 atom stereocenters. The number of hydrogen-bond acceptors (Lipinski definition) is 2. The van der Waals surface area contributed by atoms with Gasteiger partial charge in [-0.1, -0.05) is 0 Å². The Morgan fingerprint density at radius 1 is 1.25 bits per heavy atom. The third-order valence-corrected chi connectivity index (χ3v) is 2.64. The third kappa shape index (κ3) is 1.66. The van der Waals surface area contributed by atoms with Crippen LogP contribution in [0.15, 0.2) is 22.7 Å². The topological polar surface area (TPSA) is 26.2 Å². The molecule has 1 heterocycles. The summed E-state index contributed by atoms with van der Waals surface area (Å²) < 4.78 is 13.0. The van der Waals surface area contributed by atoms with Crippen molar-refractivity contribution < 1.29 is 14.0 Å². The average molecular weight is 220 g/mol. The lowest BCUT2D eigenvalue weighted by Gasteiger charge is -2.07. The van der Waals surface area contributed by atoms with Crippen molar-refractivity contribution in [1.29, 1.82) is 0 Å². The Bertz CT molecular complexity index is 520. The molecular formula is C13H18NO2+. The Morgan fingerprint density at radius 3 is 2.50 bits per heavy atom. The molecule has 0 aliphatic heterocycles. The van der Waals surface area contributed by atoms with Crippen LogP contribution in [0.25, 0.3) is 10.9 Å². The van der Waals surface area contributed by atoms with Gasteiger partial charge in [-0.2, -0.15) is 0 Å². The number of nitrogens with zero attached hydrogens (tertiary/aromatic N) is 1. The van der Waals surface area contributed by atoms with Crippen molar-refractivity contribution >= 4 is 10.9 Å². The van der Waals surface area contributed by atoms with Gasteiger partial charge in [-0.3, -0.25) is 0 Å². The van der Waals surface area contributed by atoms with Crippen LogP contribution < -0.4 is 9.48 Å². The lowest BCUT2D eigenvalue weighted by molar-refractivity contribution is -0.888. The summed E-state index contributed by atoms with van der Waals surface area (Å²) in [6, 6.07) is 6.01. The van der Waals surface area contributed by atoms with Crippen molar-refractivity contribution in [2.45, 2.75) is 33.2 Å². The molecule has 0 spiro atoms. The van der Waals surface area contributed by atoms with Crippen LogP contribution >= 0.6 is 0 Å². The summed E-state index contributed by atoms with van der Waals surface area (Å²) in [6.45, 7) is 8.35. The van der Waals surface area contributed by atoms with Crippen LogP contribution in [0.5, 0.6) is 5.75 Å². The van der Waals surface area contributed by atoms with Crippen molar-refractivity contribution in [3.8, 4) is 5.75 Å². The fourth-order valence-corrected chi connectivity index (χ4v) is 1.83. The Hall–Kier alpha value is -1.51. The predicted molar refractivity (Wildman–Crippen MR) is 62.7 cm³/mol. The normalized spacial score (nSPS) is 12.1. The highest BCUT2D eigenvalue weighted by Gasteiger charge is 2.31. The van der Waals surface area contributed by atoms with Crippen LogP contribution in [0.3, 0.4) is 0 Å². The second-order valence-electron chi connectivity index (χ2n) is 5.00. The van der Waals surface area contributed by atoms with Gasteiger partial charge < -0.3 is 4.74 Å². The number of aromatic nitrogens is 1. The van der Waals surface area contributed by atoms with E-state index in [0.29, 0.717) is 0 Å². The van der Waals surface area contributed by atoms with E-state index < -0.39 is 0 Å². The SMILES string of the molecule is COc1ccc2c(c1)c(C)o[n+]2C(C)(C)C. The van der Waals surface area contributed by atoms with Gasteiger partial charge in [0.2, 0.25) is 5.54 Å². The molecule has 0 amide bonds. The van der Waals surface area contributed by atoms with Gasteiger partial charge in [0.05, 0.1) is 12.5 Å². The van der Waals surface area contributed by atoms with Crippen LogP contribution in [-0.2, 0) is 5.54 Å². The maximum atomic E-state index is 5.79. The fourth-order valence-electron chi connectivity index (χ4n) is 1.83.